The molecule has 0 spiro atoms. The third-order valence-corrected chi connectivity index (χ3v) is 3.86. The van der Waals surface area contributed by atoms with Gasteiger partial charge in [0, 0.05) is 5.56 Å². The van der Waals surface area contributed by atoms with Crippen LogP contribution in [0.15, 0.2) is 53.2 Å². The van der Waals surface area contributed by atoms with Gasteiger partial charge in [-0.05, 0) is 55.0 Å². The molecule has 0 aliphatic carbocycles. The summed E-state index contributed by atoms with van der Waals surface area (Å²) in [5.41, 5.74) is 1.20. The average Bonchev–Trinajstić information content (AvgIpc) is 3.08. The van der Waals surface area contributed by atoms with Gasteiger partial charge in [-0.15, -0.1) is 0 Å². The number of methoxy groups -OCH3 is 1. The summed E-state index contributed by atoms with van der Waals surface area (Å²) in [6, 6.07) is 10.4. The first-order valence-corrected chi connectivity index (χ1v) is 8.75. The third-order valence-electron chi connectivity index (χ3n) is 3.86. The fraction of sp³-hybridized carbons (Fsp3) is 0.190. The van der Waals surface area contributed by atoms with Crippen LogP contribution >= 0.6 is 0 Å². The molecule has 29 heavy (non-hydrogen) atoms. The minimum Gasteiger partial charge on any atom is -0.490 e. The van der Waals surface area contributed by atoms with Gasteiger partial charge in [0.15, 0.2) is 23.8 Å². The Kier molecular flexibility index (Phi) is 6.23. The lowest BCUT2D eigenvalue weighted by molar-refractivity contribution is -0.143. The molecule has 2 aromatic rings. The Morgan fingerprint density at radius 1 is 1.14 bits per heavy atom. The quantitative estimate of drug-likeness (QED) is 0.526. The summed E-state index contributed by atoms with van der Waals surface area (Å²) in [6.07, 6.45) is 1.53. The molecular formula is C21H18FNO6. The molecule has 0 bridgehead atoms. The molecule has 0 fully saturated rings. The number of hydrogen-bond acceptors (Lipinski definition) is 7. The Hall–Kier alpha value is -3.68. The van der Waals surface area contributed by atoms with Crippen molar-refractivity contribution >= 4 is 23.9 Å². The monoisotopic (exact) mass is 399 g/mol. The van der Waals surface area contributed by atoms with Gasteiger partial charge in [0.1, 0.15) is 5.82 Å². The van der Waals surface area contributed by atoms with E-state index in [2.05, 4.69) is 9.73 Å². The Balaban J connectivity index is 1.84. The maximum absolute atomic E-state index is 13.1. The van der Waals surface area contributed by atoms with Crippen LogP contribution in [0, 0.1) is 5.82 Å². The topological polar surface area (TPSA) is 83.4 Å². The number of aliphatic imine (C=N–C) groups is 1. The fourth-order valence-electron chi connectivity index (χ4n) is 2.48. The van der Waals surface area contributed by atoms with Crippen LogP contribution in [-0.2, 0) is 19.1 Å². The van der Waals surface area contributed by atoms with Crippen molar-refractivity contribution in [1.82, 2.24) is 0 Å². The van der Waals surface area contributed by atoms with Crippen molar-refractivity contribution in [3.8, 4) is 11.5 Å². The molecule has 7 nitrogen and oxygen atoms in total. The molecule has 8 heteroatoms. The highest BCUT2D eigenvalue weighted by Gasteiger charge is 2.24. The van der Waals surface area contributed by atoms with Crippen LogP contribution in [0.3, 0.4) is 0 Å². The summed E-state index contributed by atoms with van der Waals surface area (Å²) in [7, 11) is 1.27. The zero-order valence-electron chi connectivity index (χ0n) is 15.8. The Labute approximate surface area is 166 Å². The molecule has 1 aliphatic rings. The highest BCUT2D eigenvalue weighted by molar-refractivity contribution is 6.12. The standard InChI is InChI=1S/C21H18FNO6/c1-3-27-18-11-13(4-9-17(18)28-12-19(24)26-2)10-16-21(25)29-20(23-16)14-5-7-15(22)8-6-14/h4-11H,3,12H2,1-2H3. The van der Waals surface area contributed by atoms with Crippen molar-refractivity contribution in [3.63, 3.8) is 0 Å². The van der Waals surface area contributed by atoms with Gasteiger partial charge in [-0.3, -0.25) is 0 Å². The highest BCUT2D eigenvalue weighted by Crippen LogP contribution is 2.30. The first-order valence-electron chi connectivity index (χ1n) is 8.75. The van der Waals surface area contributed by atoms with Gasteiger partial charge in [0.25, 0.3) is 0 Å². The zero-order chi connectivity index (χ0) is 20.8. The number of cyclic esters (lactones) is 1. The lowest BCUT2D eigenvalue weighted by Crippen LogP contribution is -2.13. The van der Waals surface area contributed by atoms with Crippen molar-refractivity contribution in [1.29, 1.82) is 0 Å². The van der Waals surface area contributed by atoms with Crippen LogP contribution in [0.1, 0.15) is 18.1 Å². The molecule has 0 atom stereocenters. The molecule has 0 amide bonds. The number of hydrogen-bond donors (Lipinski definition) is 0. The van der Waals surface area contributed by atoms with Gasteiger partial charge in [0.05, 0.1) is 13.7 Å². The maximum atomic E-state index is 13.1. The molecule has 150 valence electrons. The van der Waals surface area contributed by atoms with Crippen LogP contribution < -0.4 is 9.47 Å². The second-order valence-electron chi connectivity index (χ2n) is 5.85. The Bertz CT molecular complexity index is 981. The van der Waals surface area contributed by atoms with Crippen LogP contribution in [-0.4, -0.2) is 38.2 Å². The number of nitrogens with zero attached hydrogens (tertiary/aromatic N) is 1. The number of rotatable bonds is 7. The minimum absolute atomic E-state index is 0.0926. The summed E-state index contributed by atoms with van der Waals surface area (Å²) in [6.45, 7) is 1.93. The second-order valence-corrected chi connectivity index (χ2v) is 5.85. The van der Waals surface area contributed by atoms with E-state index in [9.17, 15) is 14.0 Å². The maximum Gasteiger partial charge on any atom is 0.363 e. The number of esters is 2. The minimum atomic E-state index is -0.617. The van der Waals surface area contributed by atoms with Gasteiger partial charge in [-0.2, -0.15) is 0 Å². The zero-order valence-corrected chi connectivity index (χ0v) is 15.8. The molecule has 0 saturated heterocycles. The van der Waals surface area contributed by atoms with E-state index in [1.807, 2.05) is 6.92 Å². The molecule has 0 saturated carbocycles. The predicted molar refractivity (Wildman–Crippen MR) is 102 cm³/mol. The lowest BCUT2D eigenvalue weighted by atomic mass is 10.1. The summed E-state index contributed by atoms with van der Waals surface area (Å²) < 4.78 is 33.7. The summed E-state index contributed by atoms with van der Waals surface area (Å²) in [4.78, 5) is 27.6. The van der Waals surface area contributed by atoms with E-state index >= 15 is 0 Å². The van der Waals surface area contributed by atoms with E-state index in [1.165, 1.54) is 37.5 Å². The summed E-state index contributed by atoms with van der Waals surface area (Å²) in [5, 5.41) is 0. The van der Waals surface area contributed by atoms with Gasteiger partial charge >= 0.3 is 11.9 Å². The van der Waals surface area contributed by atoms with Crippen LogP contribution in [0.25, 0.3) is 6.08 Å². The van der Waals surface area contributed by atoms with Crippen molar-refractivity contribution in [3.05, 3.63) is 65.1 Å². The molecule has 1 aliphatic heterocycles. The Morgan fingerprint density at radius 2 is 1.90 bits per heavy atom. The smallest absolute Gasteiger partial charge is 0.363 e. The fourth-order valence-corrected chi connectivity index (χ4v) is 2.48. The second kappa shape index (κ2) is 9.01. The highest BCUT2D eigenvalue weighted by atomic mass is 19.1. The van der Waals surface area contributed by atoms with Gasteiger partial charge < -0.3 is 18.9 Å². The molecule has 0 N–H and O–H groups in total. The largest absolute Gasteiger partial charge is 0.490 e. The lowest BCUT2D eigenvalue weighted by Gasteiger charge is -2.11. The molecule has 0 aromatic heterocycles. The van der Waals surface area contributed by atoms with Gasteiger partial charge in [-0.25, -0.2) is 19.0 Å². The number of halogens is 1. The predicted octanol–water partition coefficient (Wildman–Crippen LogP) is 3.12. The van der Waals surface area contributed by atoms with E-state index in [0.29, 0.717) is 29.2 Å². The summed E-state index contributed by atoms with van der Waals surface area (Å²) >= 11 is 0. The third kappa shape index (κ3) is 4.98. The van der Waals surface area contributed by atoms with E-state index < -0.39 is 17.8 Å². The molecule has 1 heterocycles. The average molecular weight is 399 g/mol. The normalized spacial score (nSPS) is 14.4. The SMILES string of the molecule is CCOc1cc(C=C2N=C(c3ccc(F)cc3)OC2=O)ccc1OCC(=O)OC. The van der Waals surface area contributed by atoms with Crippen LogP contribution in [0.2, 0.25) is 0 Å². The van der Waals surface area contributed by atoms with Gasteiger partial charge in [-0.1, -0.05) is 6.07 Å². The molecule has 3 rings (SSSR count). The van der Waals surface area contributed by atoms with E-state index in [-0.39, 0.29) is 18.2 Å². The first kappa shape index (κ1) is 20.1. The van der Waals surface area contributed by atoms with Crippen molar-refractivity contribution in [2.45, 2.75) is 6.92 Å². The number of benzene rings is 2. The van der Waals surface area contributed by atoms with E-state index in [4.69, 9.17) is 14.2 Å². The molecule has 2 aromatic carbocycles. The first-order chi connectivity index (χ1) is 14.0. The number of carbonyl (C=O) groups is 2. The summed E-state index contributed by atoms with van der Waals surface area (Å²) in [5.74, 6) is -0.663. The van der Waals surface area contributed by atoms with Crippen molar-refractivity contribution in [2.75, 3.05) is 20.3 Å². The van der Waals surface area contributed by atoms with E-state index in [1.54, 1.807) is 18.2 Å². The van der Waals surface area contributed by atoms with Crippen LogP contribution in [0.5, 0.6) is 11.5 Å². The van der Waals surface area contributed by atoms with Gasteiger partial charge in [0.2, 0.25) is 5.90 Å². The van der Waals surface area contributed by atoms with Crippen molar-refractivity contribution < 1.29 is 32.9 Å². The van der Waals surface area contributed by atoms with E-state index in [0.717, 1.165) is 0 Å². The molecular weight excluding hydrogens is 381 g/mol. The molecule has 0 unspecified atom stereocenters. The Morgan fingerprint density at radius 3 is 2.59 bits per heavy atom. The number of carbonyl (C=O) groups excluding carboxylic acids is 2. The number of ether oxygens (including phenoxy) is 4. The van der Waals surface area contributed by atoms with Crippen LogP contribution in [0.4, 0.5) is 4.39 Å². The van der Waals surface area contributed by atoms with Crippen molar-refractivity contribution in [2.24, 2.45) is 4.99 Å². The molecule has 0 radical (unpaired) electrons.